The van der Waals surface area contributed by atoms with Gasteiger partial charge in [0, 0.05) is 29.9 Å². The monoisotopic (exact) mass is 382 g/mol. The van der Waals surface area contributed by atoms with Gasteiger partial charge in [-0.1, -0.05) is 43.9 Å². The predicted octanol–water partition coefficient (Wildman–Crippen LogP) is 4.03. The maximum absolute atomic E-state index is 6.68. The molecule has 1 aromatic rings. The summed E-state index contributed by atoms with van der Waals surface area (Å²) in [6, 6.07) is 13.5. The van der Waals surface area contributed by atoms with E-state index in [9.17, 15) is 0 Å². The third-order valence-corrected chi connectivity index (χ3v) is 8.11. The highest BCUT2D eigenvalue weighted by molar-refractivity contribution is 5.50. The molecule has 8 atom stereocenters. The fourth-order valence-electron chi connectivity index (χ4n) is 6.85. The number of piperazine rings is 1. The van der Waals surface area contributed by atoms with Crippen LogP contribution < -0.4 is 10.2 Å². The number of fused-ring (bicyclic) bond motifs is 4. The fraction of sp³-hybridized carbons (Fsp3) is 0.750. The van der Waals surface area contributed by atoms with Crippen molar-refractivity contribution in [1.82, 2.24) is 5.32 Å². The Balaban J connectivity index is 1.29. The summed E-state index contributed by atoms with van der Waals surface area (Å²) in [5, 5.41) is 4.08. The van der Waals surface area contributed by atoms with Crippen LogP contribution in [-0.2, 0) is 9.47 Å². The van der Waals surface area contributed by atoms with E-state index < -0.39 is 0 Å². The summed E-state index contributed by atoms with van der Waals surface area (Å²) in [6.45, 7) is 0. The molecular formula is C24H34N2O2. The van der Waals surface area contributed by atoms with E-state index in [1.54, 1.807) is 0 Å². The van der Waals surface area contributed by atoms with Gasteiger partial charge in [0.05, 0.1) is 24.4 Å². The number of hydrogen-bond acceptors (Lipinski definition) is 4. The van der Waals surface area contributed by atoms with Crippen molar-refractivity contribution in [1.29, 1.82) is 0 Å². The molecule has 5 aliphatic rings. The zero-order valence-electron chi connectivity index (χ0n) is 16.8. The molecule has 3 aliphatic carbocycles. The third-order valence-electron chi connectivity index (χ3n) is 8.11. The first-order chi connectivity index (χ1) is 13.9. The molecule has 0 radical (unpaired) electrons. The van der Waals surface area contributed by atoms with Gasteiger partial charge in [-0.2, -0.15) is 0 Å². The van der Waals surface area contributed by atoms with Gasteiger partial charge in [0.1, 0.15) is 0 Å². The Morgan fingerprint density at radius 1 is 0.679 bits per heavy atom. The van der Waals surface area contributed by atoms with Gasteiger partial charge < -0.3 is 19.7 Å². The van der Waals surface area contributed by atoms with E-state index in [4.69, 9.17) is 9.47 Å². The third kappa shape index (κ3) is 3.00. The number of ether oxygens (including phenoxy) is 2. The molecule has 5 fully saturated rings. The van der Waals surface area contributed by atoms with Gasteiger partial charge in [-0.25, -0.2) is 0 Å². The van der Waals surface area contributed by atoms with Crippen molar-refractivity contribution in [2.24, 2.45) is 0 Å². The normalized spacial score (nSPS) is 45.4. The van der Waals surface area contributed by atoms with Crippen LogP contribution in [0.2, 0.25) is 0 Å². The highest BCUT2D eigenvalue weighted by atomic mass is 16.6. The van der Waals surface area contributed by atoms with Gasteiger partial charge in [0.15, 0.2) is 0 Å². The molecule has 2 saturated heterocycles. The molecule has 8 unspecified atom stereocenters. The second-order valence-electron chi connectivity index (χ2n) is 9.72. The van der Waals surface area contributed by atoms with Crippen LogP contribution in [0, 0.1) is 0 Å². The Morgan fingerprint density at radius 3 is 2.14 bits per heavy atom. The molecule has 0 aromatic heterocycles. The molecule has 3 saturated carbocycles. The van der Waals surface area contributed by atoms with Crippen LogP contribution in [0.25, 0.3) is 0 Å². The molecule has 2 heterocycles. The molecule has 6 rings (SSSR count). The Kier molecular flexibility index (Phi) is 4.62. The van der Waals surface area contributed by atoms with Crippen LogP contribution in [0.15, 0.2) is 30.3 Å². The highest BCUT2D eigenvalue weighted by Gasteiger charge is 2.51. The van der Waals surface area contributed by atoms with Crippen molar-refractivity contribution >= 4 is 5.69 Å². The van der Waals surface area contributed by atoms with Crippen molar-refractivity contribution in [3.8, 4) is 0 Å². The Hall–Kier alpha value is -1.10. The average Bonchev–Trinajstić information content (AvgIpc) is 2.75. The summed E-state index contributed by atoms with van der Waals surface area (Å²) in [5.74, 6) is 0. The lowest BCUT2D eigenvalue weighted by Crippen LogP contribution is -2.72. The maximum atomic E-state index is 6.68. The quantitative estimate of drug-likeness (QED) is 0.795. The van der Waals surface area contributed by atoms with Crippen molar-refractivity contribution in [3.63, 3.8) is 0 Å². The van der Waals surface area contributed by atoms with Crippen LogP contribution in [-0.4, -0.2) is 48.6 Å². The minimum Gasteiger partial charge on any atom is -0.370 e. The maximum Gasteiger partial charge on any atom is 0.0862 e. The van der Waals surface area contributed by atoms with Gasteiger partial charge in [0.25, 0.3) is 0 Å². The number of nitrogens with one attached hydrogen (secondary N) is 1. The lowest BCUT2D eigenvalue weighted by atomic mass is 9.76. The minimum absolute atomic E-state index is 0.272. The van der Waals surface area contributed by atoms with Crippen LogP contribution in [0.4, 0.5) is 5.69 Å². The van der Waals surface area contributed by atoms with Crippen molar-refractivity contribution < 1.29 is 9.47 Å². The van der Waals surface area contributed by atoms with Crippen molar-refractivity contribution in [2.75, 3.05) is 4.90 Å². The number of benzene rings is 1. The molecule has 0 spiro atoms. The van der Waals surface area contributed by atoms with E-state index >= 15 is 0 Å². The standard InChI is InChI=1S/C24H34N2O2/c1-2-8-16(9-3-1)26-19-11-5-4-10-17(19)25-18-14-23-24(15-20(18)26)28-22-13-7-6-12-21(22)27-23/h1-3,8-9,17-25H,4-7,10-15H2. The largest absolute Gasteiger partial charge is 0.370 e. The van der Waals surface area contributed by atoms with E-state index in [0.717, 1.165) is 12.8 Å². The number of anilines is 1. The average molecular weight is 383 g/mol. The molecule has 2 aliphatic heterocycles. The second kappa shape index (κ2) is 7.30. The Labute approximate surface area is 169 Å². The zero-order valence-corrected chi connectivity index (χ0v) is 16.8. The van der Waals surface area contributed by atoms with E-state index in [1.807, 2.05) is 0 Å². The molecule has 0 amide bonds. The molecular weight excluding hydrogens is 348 g/mol. The first-order valence-corrected chi connectivity index (χ1v) is 11.8. The van der Waals surface area contributed by atoms with E-state index in [-0.39, 0.29) is 12.2 Å². The lowest BCUT2D eigenvalue weighted by molar-refractivity contribution is -0.244. The first kappa shape index (κ1) is 17.7. The molecule has 0 bridgehead atoms. The van der Waals surface area contributed by atoms with Crippen LogP contribution >= 0.6 is 0 Å². The fourth-order valence-corrected chi connectivity index (χ4v) is 6.85. The molecule has 28 heavy (non-hydrogen) atoms. The number of hydrogen-bond donors (Lipinski definition) is 1. The zero-order chi connectivity index (χ0) is 18.5. The minimum atomic E-state index is 0.272. The van der Waals surface area contributed by atoms with E-state index in [1.165, 1.54) is 57.1 Å². The van der Waals surface area contributed by atoms with Crippen LogP contribution in [0.5, 0.6) is 0 Å². The van der Waals surface area contributed by atoms with Crippen LogP contribution in [0.1, 0.15) is 64.2 Å². The van der Waals surface area contributed by atoms with Crippen LogP contribution in [0.3, 0.4) is 0 Å². The number of nitrogens with zero attached hydrogens (tertiary/aromatic N) is 1. The van der Waals surface area contributed by atoms with Gasteiger partial charge in [0.2, 0.25) is 0 Å². The first-order valence-electron chi connectivity index (χ1n) is 11.8. The summed E-state index contributed by atoms with van der Waals surface area (Å²) in [7, 11) is 0. The van der Waals surface area contributed by atoms with E-state index in [0.29, 0.717) is 36.4 Å². The highest BCUT2D eigenvalue weighted by Crippen LogP contribution is 2.43. The summed E-state index contributed by atoms with van der Waals surface area (Å²) in [5.41, 5.74) is 1.40. The molecule has 1 N–H and O–H groups in total. The molecule has 4 heteroatoms. The number of para-hydroxylation sites is 1. The Bertz CT molecular complexity index is 682. The topological polar surface area (TPSA) is 33.7 Å². The van der Waals surface area contributed by atoms with Crippen molar-refractivity contribution in [3.05, 3.63) is 30.3 Å². The Morgan fingerprint density at radius 2 is 1.36 bits per heavy atom. The van der Waals surface area contributed by atoms with Gasteiger partial charge in [-0.05, 0) is 50.7 Å². The van der Waals surface area contributed by atoms with Gasteiger partial charge >= 0.3 is 0 Å². The summed E-state index contributed by atoms with van der Waals surface area (Å²) >= 11 is 0. The van der Waals surface area contributed by atoms with Gasteiger partial charge in [-0.15, -0.1) is 0 Å². The smallest absolute Gasteiger partial charge is 0.0862 e. The predicted molar refractivity (Wildman–Crippen MR) is 111 cm³/mol. The van der Waals surface area contributed by atoms with Gasteiger partial charge in [-0.3, -0.25) is 0 Å². The van der Waals surface area contributed by atoms with Crippen molar-refractivity contribution in [2.45, 2.75) is 113 Å². The lowest BCUT2D eigenvalue weighted by Gasteiger charge is -2.59. The SMILES string of the molecule is c1ccc(N2C3CCCCC3NC3CC4OC5CCCCC5OC4CC32)cc1. The molecule has 152 valence electrons. The summed E-state index contributed by atoms with van der Waals surface area (Å²) in [6.07, 6.45) is 13.8. The molecule has 4 nitrogen and oxygen atoms in total. The van der Waals surface area contributed by atoms with E-state index in [2.05, 4.69) is 40.5 Å². The summed E-state index contributed by atoms with van der Waals surface area (Å²) < 4.78 is 13.3. The summed E-state index contributed by atoms with van der Waals surface area (Å²) in [4.78, 5) is 2.79. The second-order valence-corrected chi connectivity index (χ2v) is 9.72. The molecule has 1 aromatic carbocycles. The number of rotatable bonds is 1.